The Kier molecular flexibility index (Phi) is 4.01. The van der Waals surface area contributed by atoms with Crippen molar-refractivity contribution in [1.29, 1.82) is 5.26 Å². The monoisotopic (exact) mass is 327 g/mol. The van der Waals surface area contributed by atoms with Gasteiger partial charge in [0.25, 0.3) is 9.05 Å². The SMILES string of the molecule is N#Cc1c(S(=O)(=O)Cl)ccc(Br)c1CCl. The predicted octanol–water partition coefficient (Wildman–Crippen LogP) is 2.99. The lowest BCUT2D eigenvalue weighted by Gasteiger charge is -2.06. The summed E-state index contributed by atoms with van der Waals surface area (Å²) < 4.78 is 22.9. The molecule has 0 spiro atoms. The van der Waals surface area contributed by atoms with Crippen LogP contribution in [0.2, 0.25) is 0 Å². The zero-order valence-corrected chi connectivity index (χ0v) is 11.1. The van der Waals surface area contributed by atoms with Gasteiger partial charge in [-0.15, -0.1) is 11.6 Å². The molecule has 0 heterocycles. The van der Waals surface area contributed by atoms with Crippen molar-refractivity contribution in [2.45, 2.75) is 10.8 Å². The minimum Gasteiger partial charge on any atom is -0.207 e. The summed E-state index contributed by atoms with van der Waals surface area (Å²) in [5.74, 6) is 0.0315. The molecule has 1 aromatic carbocycles. The van der Waals surface area contributed by atoms with Gasteiger partial charge in [0.05, 0.1) is 5.56 Å². The molecule has 0 saturated heterocycles. The number of hydrogen-bond donors (Lipinski definition) is 0. The number of hydrogen-bond acceptors (Lipinski definition) is 3. The smallest absolute Gasteiger partial charge is 0.207 e. The van der Waals surface area contributed by atoms with E-state index >= 15 is 0 Å². The molecule has 0 aromatic heterocycles. The second kappa shape index (κ2) is 4.71. The van der Waals surface area contributed by atoms with E-state index < -0.39 is 9.05 Å². The van der Waals surface area contributed by atoms with Crippen LogP contribution in [0.25, 0.3) is 0 Å². The van der Waals surface area contributed by atoms with Crippen LogP contribution < -0.4 is 0 Å². The molecule has 1 aromatic rings. The van der Waals surface area contributed by atoms with Gasteiger partial charge < -0.3 is 0 Å². The molecule has 0 unspecified atom stereocenters. The molecule has 0 aliphatic heterocycles. The first-order valence-corrected chi connectivity index (χ1v) is 7.27. The predicted molar refractivity (Wildman–Crippen MR) is 61.5 cm³/mol. The highest BCUT2D eigenvalue weighted by molar-refractivity contribution is 9.10. The third-order valence-corrected chi connectivity index (χ3v) is 4.10. The van der Waals surface area contributed by atoms with E-state index in [0.717, 1.165) is 0 Å². The Bertz CT molecular complexity index is 536. The summed E-state index contributed by atoms with van der Waals surface area (Å²) in [6, 6.07) is 4.54. The van der Waals surface area contributed by atoms with E-state index in [9.17, 15) is 8.42 Å². The lowest BCUT2D eigenvalue weighted by molar-refractivity contribution is 0.609. The zero-order valence-electron chi connectivity index (χ0n) is 7.17. The summed E-state index contributed by atoms with van der Waals surface area (Å²) in [7, 11) is 1.26. The van der Waals surface area contributed by atoms with Crippen molar-refractivity contribution in [3.05, 3.63) is 27.7 Å². The molecular formula is C8H4BrCl2NO2S. The van der Waals surface area contributed by atoms with Gasteiger partial charge in [-0.1, -0.05) is 15.9 Å². The van der Waals surface area contributed by atoms with Crippen LogP contribution in [0.3, 0.4) is 0 Å². The third kappa shape index (κ3) is 2.64. The molecule has 7 heteroatoms. The Labute approximate surface area is 105 Å². The van der Waals surface area contributed by atoms with Crippen molar-refractivity contribution in [3.63, 3.8) is 0 Å². The Morgan fingerprint density at radius 3 is 2.47 bits per heavy atom. The lowest BCUT2D eigenvalue weighted by Crippen LogP contribution is -1.99. The van der Waals surface area contributed by atoms with Crippen molar-refractivity contribution in [2.24, 2.45) is 0 Å². The van der Waals surface area contributed by atoms with Gasteiger partial charge in [0.15, 0.2) is 0 Å². The van der Waals surface area contributed by atoms with E-state index in [-0.39, 0.29) is 16.3 Å². The van der Waals surface area contributed by atoms with E-state index in [4.69, 9.17) is 27.5 Å². The molecular weight excluding hydrogens is 325 g/mol. The average Bonchev–Trinajstić information content (AvgIpc) is 2.15. The van der Waals surface area contributed by atoms with Crippen LogP contribution in [0.5, 0.6) is 0 Å². The summed E-state index contributed by atoms with van der Waals surface area (Å²) in [4.78, 5) is -0.217. The zero-order chi connectivity index (χ0) is 11.6. The fraction of sp³-hybridized carbons (Fsp3) is 0.125. The molecule has 0 saturated carbocycles. The Balaban J connectivity index is 3.66. The fourth-order valence-electron chi connectivity index (χ4n) is 1.06. The molecule has 0 aliphatic carbocycles. The largest absolute Gasteiger partial charge is 0.262 e. The molecule has 0 aliphatic rings. The number of benzene rings is 1. The second-order valence-electron chi connectivity index (χ2n) is 2.58. The van der Waals surface area contributed by atoms with Gasteiger partial charge in [0, 0.05) is 26.6 Å². The highest BCUT2D eigenvalue weighted by Crippen LogP contribution is 2.29. The number of nitriles is 1. The van der Waals surface area contributed by atoms with Crippen LogP contribution in [0.1, 0.15) is 11.1 Å². The molecule has 0 fully saturated rings. The van der Waals surface area contributed by atoms with E-state index in [2.05, 4.69) is 15.9 Å². The van der Waals surface area contributed by atoms with Gasteiger partial charge in [-0.05, 0) is 12.1 Å². The fourth-order valence-corrected chi connectivity index (χ4v) is 3.00. The minimum atomic E-state index is -3.92. The maximum atomic E-state index is 11.1. The van der Waals surface area contributed by atoms with E-state index in [1.54, 1.807) is 6.07 Å². The molecule has 0 amide bonds. The van der Waals surface area contributed by atoms with Crippen LogP contribution in [0.15, 0.2) is 21.5 Å². The van der Waals surface area contributed by atoms with Gasteiger partial charge in [0.1, 0.15) is 11.0 Å². The maximum absolute atomic E-state index is 11.1. The molecule has 3 nitrogen and oxygen atoms in total. The van der Waals surface area contributed by atoms with Crippen LogP contribution in [0.4, 0.5) is 0 Å². The van der Waals surface area contributed by atoms with Gasteiger partial charge in [-0.3, -0.25) is 0 Å². The normalized spacial score (nSPS) is 11.1. The average molecular weight is 329 g/mol. The van der Waals surface area contributed by atoms with E-state index in [0.29, 0.717) is 10.0 Å². The number of nitrogens with zero attached hydrogens (tertiary/aromatic N) is 1. The quantitative estimate of drug-likeness (QED) is 0.619. The topological polar surface area (TPSA) is 57.9 Å². The third-order valence-electron chi connectivity index (χ3n) is 1.73. The Morgan fingerprint density at radius 1 is 1.47 bits per heavy atom. The Morgan fingerprint density at radius 2 is 2.07 bits per heavy atom. The van der Waals surface area contributed by atoms with Gasteiger partial charge in [0.2, 0.25) is 0 Å². The maximum Gasteiger partial charge on any atom is 0.262 e. The molecule has 80 valence electrons. The first-order chi connectivity index (χ1) is 6.91. The summed E-state index contributed by atoms with van der Waals surface area (Å²) in [5, 5.41) is 8.87. The highest BCUT2D eigenvalue weighted by atomic mass is 79.9. The summed E-state index contributed by atoms with van der Waals surface area (Å²) in [6.45, 7) is 0. The molecule has 15 heavy (non-hydrogen) atoms. The van der Waals surface area contributed by atoms with E-state index in [1.165, 1.54) is 12.1 Å². The second-order valence-corrected chi connectivity index (χ2v) is 6.24. The minimum absolute atomic E-state index is 0.0191. The molecule has 0 N–H and O–H groups in total. The van der Waals surface area contributed by atoms with Crippen molar-refractivity contribution in [1.82, 2.24) is 0 Å². The molecule has 0 atom stereocenters. The molecule has 0 radical (unpaired) electrons. The van der Waals surface area contributed by atoms with Crippen LogP contribution in [-0.2, 0) is 14.9 Å². The van der Waals surface area contributed by atoms with Crippen molar-refractivity contribution in [2.75, 3.05) is 0 Å². The van der Waals surface area contributed by atoms with Gasteiger partial charge in [-0.25, -0.2) is 8.42 Å². The van der Waals surface area contributed by atoms with Gasteiger partial charge >= 0.3 is 0 Å². The number of alkyl halides is 1. The van der Waals surface area contributed by atoms with Crippen LogP contribution in [0, 0.1) is 11.3 Å². The Hall–Kier alpha value is -0.280. The summed E-state index contributed by atoms with van der Waals surface area (Å²) in [5.41, 5.74) is 0.398. The summed E-state index contributed by atoms with van der Waals surface area (Å²) in [6.07, 6.45) is 0. The van der Waals surface area contributed by atoms with Crippen LogP contribution >= 0.6 is 38.2 Å². The number of rotatable bonds is 2. The first-order valence-electron chi connectivity index (χ1n) is 3.64. The van der Waals surface area contributed by atoms with Crippen molar-refractivity contribution >= 4 is 47.3 Å². The van der Waals surface area contributed by atoms with Crippen LogP contribution in [-0.4, -0.2) is 8.42 Å². The standard InChI is InChI=1S/C8H4BrCl2NO2S/c9-7-1-2-8(15(11,13)14)6(4-12)5(7)3-10/h1-2H,3H2. The van der Waals surface area contributed by atoms with E-state index in [1.807, 2.05) is 0 Å². The molecule has 1 rings (SSSR count). The molecule has 0 bridgehead atoms. The van der Waals surface area contributed by atoms with Crippen molar-refractivity contribution in [3.8, 4) is 6.07 Å². The summed E-state index contributed by atoms with van der Waals surface area (Å²) >= 11 is 8.79. The lowest BCUT2D eigenvalue weighted by atomic mass is 10.1. The number of halogens is 3. The highest BCUT2D eigenvalue weighted by Gasteiger charge is 2.19. The van der Waals surface area contributed by atoms with Gasteiger partial charge in [-0.2, -0.15) is 5.26 Å². The first kappa shape index (κ1) is 12.8. The van der Waals surface area contributed by atoms with Crippen molar-refractivity contribution < 1.29 is 8.42 Å².